The van der Waals surface area contributed by atoms with Crippen LogP contribution < -0.4 is 15.1 Å². The molecule has 1 aliphatic rings. The summed E-state index contributed by atoms with van der Waals surface area (Å²) in [6.07, 6.45) is 1.63. The minimum Gasteiger partial charge on any atom is -0.368 e. The lowest BCUT2D eigenvalue weighted by atomic mass is 10.2. The summed E-state index contributed by atoms with van der Waals surface area (Å²) in [5.74, 6) is 1.86. The lowest BCUT2D eigenvalue weighted by Crippen LogP contribution is -2.46. The predicted molar refractivity (Wildman–Crippen MR) is 96.7 cm³/mol. The molecule has 5 nitrogen and oxygen atoms in total. The highest BCUT2D eigenvalue weighted by Gasteiger charge is 2.19. The molecule has 1 N–H and O–H groups in total. The molecule has 2 heterocycles. The summed E-state index contributed by atoms with van der Waals surface area (Å²) in [6, 6.07) is 10.4. The third-order valence-electron chi connectivity index (χ3n) is 3.87. The van der Waals surface area contributed by atoms with E-state index in [1.165, 1.54) is 5.69 Å². The van der Waals surface area contributed by atoms with Crippen LogP contribution in [-0.2, 0) is 0 Å². The zero-order chi connectivity index (χ0) is 16.2. The van der Waals surface area contributed by atoms with Gasteiger partial charge in [-0.25, -0.2) is 9.97 Å². The quantitative estimate of drug-likeness (QED) is 0.931. The fraction of sp³-hybridized carbons (Fsp3) is 0.412. The van der Waals surface area contributed by atoms with Crippen molar-refractivity contribution in [1.29, 1.82) is 0 Å². The molecular weight excluding hydrogens is 310 g/mol. The number of nitrogens with one attached hydrogen (secondary N) is 1. The summed E-state index contributed by atoms with van der Waals surface area (Å²) in [4.78, 5) is 13.3. The lowest BCUT2D eigenvalue weighted by Gasteiger charge is -2.36. The average Bonchev–Trinajstić information content (AvgIpc) is 2.55. The van der Waals surface area contributed by atoms with Crippen LogP contribution >= 0.6 is 11.6 Å². The molecule has 122 valence electrons. The number of rotatable bonds is 4. The monoisotopic (exact) mass is 331 g/mol. The second-order valence-electron chi connectivity index (χ2n) is 6.01. The number of anilines is 3. The van der Waals surface area contributed by atoms with Crippen LogP contribution in [0.25, 0.3) is 0 Å². The molecule has 0 bridgehead atoms. The van der Waals surface area contributed by atoms with Crippen LogP contribution in [-0.4, -0.2) is 42.2 Å². The zero-order valence-electron chi connectivity index (χ0n) is 13.5. The maximum Gasteiger partial charge on any atom is 0.134 e. The zero-order valence-corrected chi connectivity index (χ0v) is 14.3. The maximum atomic E-state index is 6.09. The van der Waals surface area contributed by atoms with Gasteiger partial charge in [0.15, 0.2) is 0 Å². The van der Waals surface area contributed by atoms with Crippen LogP contribution in [0.1, 0.15) is 13.8 Å². The van der Waals surface area contributed by atoms with Crippen LogP contribution in [0.15, 0.2) is 36.7 Å². The van der Waals surface area contributed by atoms with Gasteiger partial charge in [0.2, 0.25) is 0 Å². The molecular formula is C17H22ClN5. The van der Waals surface area contributed by atoms with Gasteiger partial charge in [-0.3, -0.25) is 0 Å². The molecule has 0 unspecified atom stereocenters. The molecule has 0 radical (unpaired) electrons. The molecule has 1 aromatic heterocycles. The molecule has 6 heteroatoms. The van der Waals surface area contributed by atoms with Gasteiger partial charge in [-0.1, -0.05) is 17.7 Å². The SMILES string of the molecule is CC(C)Nc1cc(N2CCN(c3cccc(Cl)c3)CC2)ncn1. The molecule has 3 rings (SSSR count). The van der Waals surface area contributed by atoms with Crippen LogP contribution in [0.2, 0.25) is 5.02 Å². The summed E-state index contributed by atoms with van der Waals surface area (Å²) in [5.41, 5.74) is 1.18. The van der Waals surface area contributed by atoms with E-state index in [0.717, 1.165) is 42.8 Å². The Morgan fingerprint density at radius 3 is 2.48 bits per heavy atom. The van der Waals surface area contributed by atoms with Gasteiger partial charge in [0.1, 0.15) is 18.0 Å². The summed E-state index contributed by atoms with van der Waals surface area (Å²) in [7, 11) is 0. The number of aromatic nitrogens is 2. The van der Waals surface area contributed by atoms with E-state index >= 15 is 0 Å². The summed E-state index contributed by atoms with van der Waals surface area (Å²) < 4.78 is 0. The number of hydrogen-bond donors (Lipinski definition) is 1. The fourth-order valence-corrected chi connectivity index (χ4v) is 2.95. The van der Waals surface area contributed by atoms with Gasteiger partial charge in [-0.05, 0) is 32.0 Å². The maximum absolute atomic E-state index is 6.09. The van der Waals surface area contributed by atoms with Gasteiger partial charge in [-0.2, -0.15) is 0 Å². The Hall–Kier alpha value is -2.01. The summed E-state index contributed by atoms with van der Waals surface area (Å²) in [5, 5.41) is 4.10. The van der Waals surface area contributed by atoms with E-state index in [9.17, 15) is 0 Å². The molecule has 0 aliphatic carbocycles. The number of nitrogens with zero attached hydrogens (tertiary/aromatic N) is 4. The number of halogens is 1. The second-order valence-corrected chi connectivity index (χ2v) is 6.45. The van der Waals surface area contributed by atoms with E-state index in [1.807, 2.05) is 24.3 Å². The first-order chi connectivity index (χ1) is 11.1. The van der Waals surface area contributed by atoms with Crippen molar-refractivity contribution in [2.45, 2.75) is 19.9 Å². The van der Waals surface area contributed by atoms with Crippen molar-refractivity contribution in [1.82, 2.24) is 9.97 Å². The van der Waals surface area contributed by atoms with Gasteiger partial charge >= 0.3 is 0 Å². The van der Waals surface area contributed by atoms with Gasteiger partial charge in [0, 0.05) is 49.0 Å². The van der Waals surface area contributed by atoms with Crippen LogP contribution in [0.5, 0.6) is 0 Å². The molecule has 2 aromatic rings. The fourth-order valence-electron chi connectivity index (χ4n) is 2.76. The Balaban J connectivity index is 1.65. The van der Waals surface area contributed by atoms with Crippen LogP contribution in [0, 0.1) is 0 Å². The first kappa shape index (κ1) is 15.9. The van der Waals surface area contributed by atoms with Gasteiger partial charge < -0.3 is 15.1 Å². The normalized spacial score (nSPS) is 15.1. The van der Waals surface area contributed by atoms with Crippen molar-refractivity contribution in [2.24, 2.45) is 0 Å². The number of hydrogen-bond acceptors (Lipinski definition) is 5. The molecule has 0 spiro atoms. The third-order valence-corrected chi connectivity index (χ3v) is 4.10. The van der Waals surface area contributed by atoms with E-state index in [1.54, 1.807) is 6.33 Å². The molecule has 23 heavy (non-hydrogen) atoms. The summed E-state index contributed by atoms with van der Waals surface area (Å²) in [6.45, 7) is 7.99. The van der Waals surface area contributed by atoms with E-state index in [4.69, 9.17) is 11.6 Å². The molecule has 0 amide bonds. The minimum absolute atomic E-state index is 0.359. The van der Waals surface area contributed by atoms with E-state index < -0.39 is 0 Å². The Labute approximate surface area is 142 Å². The van der Waals surface area contributed by atoms with Crippen molar-refractivity contribution < 1.29 is 0 Å². The average molecular weight is 332 g/mol. The molecule has 0 atom stereocenters. The topological polar surface area (TPSA) is 44.3 Å². The largest absolute Gasteiger partial charge is 0.368 e. The van der Waals surface area contributed by atoms with E-state index in [-0.39, 0.29) is 0 Å². The highest BCUT2D eigenvalue weighted by molar-refractivity contribution is 6.30. The molecule has 1 fully saturated rings. The molecule has 1 aliphatic heterocycles. The molecule has 1 aromatic carbocycles. The van der Waals surface area contributed by atoms with Gasteiger partial charge in [0.05, 0.1) is 0 Å². The standard InChI is InChI=1S/C17H22ClN5/c1-13(2)21-16-11-17(20-12-19-16)23-8-6-22(7-9-23)15-5-3-4-14(18)10-15/h3-5,10-13H,6-9H2,1-2H3,(H,19,20,21). The molecule has 0 saturated carbocycles. The second kappa shape index (κ2) is 7.04. The first-order valence-electron chi connectivity index (χ1n) is 7.96. The Kier molecular flexibility index (Phi) is 4.86. The van der Waals surface area contributed by atoms with Crippen LogP contribution in [0.3, 0.4) is 0 Å². The third kappa shape index (κ3) is 4.05. The van der Waals surface area contributed by atoms with Crippen molar-refractivity contribution in [2.75, 3.05) is 41.3 Å². The highest BCUT2D eigenvalue weighted by atomic mass is 35.5. The minimum atomic E-state index is 0.359. The van der Waals surface area contributed by atoms with Crippen molar-refractivity contribution in [3.63, 3.8) is 0 Å². The van der Waals surface area contributed by atoms with Gasteiger partial charge in [0.25, 0.3) is 0 Å². The predicted octanol–water partition coefficient (Wildman–Crippen LogP) is 3.28. The van der Waals surface area contributed by atoms with Crippen molar-refractivity contribution >= 4 is 28.9 Å². The van der Waals surface area contributed by atoms with Crippen molar-refractivity contribution in [3.05, 3.63) is 41.7 Å². The Morgan fingerprint density at radius 1 is 1.04 bits per heavy atom. The van der Waals surface area contributed by atoms with Crippen molar-refractivity contribution in [3.8, 4) is 0 Å². The first-order valence-corrected chi connectivity index (χ1v) is 8.33. The van der Waals surface area contributed by atoms with E-state index in [0.29, 0.717) is 6.04 Å². The Bertz CT molecular complexity index is 653. The summed E-state index contributed by atoms with van der Waals surface area (Å²) >= 11 is 6.09. The number of piperazine rings is 1. The highest BCUT2D eigenvalue weighted by Crippen LogP contribution is 2.22. The van der Waals surface area contributed by atoms with E-state index in [2.05, 4.69) is 45.0 Å². The smallest absolute Gasteiger partial charge is 0.134 e. The molecule has 1 saturated heterocycles. The number of benzene rings is 1. The van der Waals surface area contributed by atoms with Crippen LogP contribution in [0.4, 0.5) is 17.3 Å². The Morgan fingerprint density at radius 2 is 1.78 bits per heavy atom. The lowest BCUT2D eigenvalue weighted by molar-refractivity contribution is 0.647. The van der Waals surface area contributed by atoms with Gasteiger partial charge in [-0.15, -0.1) is 0 Å².